The van der Waals surface area contributed by atoms with E-state index in [1.807, 2.05) is 11.8 Å². The van der Waals surface area contributed by atoms with Crippen LogP contribution in [0.5, 0.6) is 0 Å². The molecule has 1 aliphatic heterocycles. The monoisotopic (exact) mass is 231 g/mol. The molecule has 2 heteroatoms. The Morgan fingerprint density at radius 2 is 1.88 bits per heavy atom. The van der Waals surface area contributed by atoms with Gasteiger partial charge >= 0.3 is 0 Å². The van der Waals surface area contributed by atoms with E-state index in [0.717, 1.165) is 5.92 Å². The molecule has 1 fully saturated rings. The van der Waals surface area contributed by atoms with E-state index < -0.39 is 0 Å². The molecular formula is C14H17NS. The Morgan fingerprint density at radius 3 is 2.75 bits per heavy atom. The number of thioether (sulfide) groups is 1. The first kappa shape index (κ1) is 10.4. The van der Waals surface area contributed by atoms with Crippen LogP contribution in [0.25, 0.3) is 0 Å². The van der Waals surface area contributed by atoms with Crippen LogP contribution in [0, 0.1) is 5.92 Å². The maximum absolute atomic E-state index is 4.95. The highest BCUT2D eigenvalue weighted by molar-refractivity contribution is 8.14. The maximum Gasteiger partial charge on any atom is 0.0980 e. The van der Waals surface area contributed by atoms with Gasteiger partial charge in [0.1, 0.15) is 0 Å². The number of aliphatic imine (C=N–C) groups is 1. The highest BCUT2D eigenvalue weighted by atomic mass is 32.2. The van der Waals surface area contributed by atoms with Crippen LogP contribution in [0.2, 0.25) is 0 Å². The fourth-order valence-corrected chi connectivity index (χ4v) is 3.94. The predicted molar refractivity (Wildman–Crippen MR) is 71.2 cm³/mol. The van der Waals surface area contributed by atoms with E-state index >= 15 is 0 Å². The first-order valence-electron chi connectivity index (χ1n) is 6.19. The smallest absolute Gasteiger partial charge is 0.0980 e. The standard InChI is InChI=1S/C14H17NS/c1-2-6-11(7-3-1)14-15-13-9-5-4-8-12(13)10-16-14/h1-3,6-7,12-13H,4-5,8-10H2/t12-,13-/m0/s1. The van der Waals surface area contributed by atoms with Gasteiger partial charge in [-0.1, -0.05) is 43.2 Å². The van der Waals surface area contributed by atoms with E-state index in [1.165, 1.54) is 42.0 Å². The van der Waals surface area contributed by atoms with Crippen molar-refractivity contribution in [3.63, 3.8) is 0 Å². The average Bonchev–Trinajstić information content (AvgIpc) is 2.39. The fourth-order valence-electron chi connectivity index (χ4n) is 2.66. The van der Waals surface area contributed by atoms with Crippen molar-refractivity contribution in [3.05, 3.63) is 35.9 Å². The zero-order chi connectivity index (χ0) is 10.8. The molecule has 1 heterocycles. The number of hydrogen-bond acceptors (Lipinski definition) is 2. The summed E-state index contributed by atoms with van der Waals surface area (Å²) in [5.74, 6) is 2.13. The number of nitrogens with zero attached hydrogens (tertiary/aromatic N) is 1. The van der Waals surface area contributed by atoms with Crippen molar-refractivity contribution in [1.29, 1.82) is 0 Å². The molecule has 2 atom stereocenters. The lowest BCUT2D eigenvalue weighted by atomic mass is 9.86. The third kappa shape index (κ3) is 2.03. The van der Waals surface area contributed by atoms with Crippen molar-refractivity contribution in [2.75, 3.05) is 5.75 Å². The van der Waals surface area contributed by atoms with Crippen LogP contribution in [0.1, 0.15) is 31.2 Å². The van der Waals surface area contributed by atoms with Crippen molar-refractivity contribution in [3.8, 4) is 0 Å². The lowest BCUT2D eigenvalue weighted by Crippen LogP contribution is -2.30. The summed E-state index contributed by atoms with van der Waals surface area (Å²) in [6.45, 7) is 0. The molecule has 2 aliphatic rings. The summed E-state index contributed by atoms with van der Waals surface area (Å²) in [6.07, 6.45) is 5.49. The molecular weight excluding hydrogens is 214 g/mol. The SMILES string of the molecule is c1ccc(C2=N[C@H]3CCCC[C@H]3CS2)cc1. The minimum Gasteiger partial charge on any atom is -0.274 e. The molecule has 0 spiro atoms. The summed E-state index contributed by atoms with van der Waals surface area (Å²) in [4.78, 5) is 4.95. The molecule has 3 rings (SSSR count). The van der Waals surface area contributed by atoms with Crippen molar-refractivity contribution in [2.45, 2.75) is 31.7 Å². The normalized spacial score (nSPS) is 29.4. The quantitative estimate of drug-likeness (QED) is 0.717. The highest BCUT2D eigenvalue weighted by Gasteiger charge is 2.29. The minimum atomic E-state index is 0.616. The third-order valence-electron chi connectivity index (χ3n) is 3.61. The summed E-state index contributed by atoms with van der Waals surface area (Å²) < 4.78 is 0. The van der Waals surface area contributed by atoms with Gasteiger partial charge in [0, 0.05) is 11.3 Å². The molecule has 1 nitrogen and oxygen atoms in total. The third-order valence-corrected chi connectivity index (χ3v) is 4.82. The van der Waals surface area contributed by atoms with E-state index in [-0.39, 0.29) is 0 Å². The summed E-state index contributed by atoms with van der Waals surface area (Å²) in [5, 5.41) is 1.27. The molecule has 0 amide bonds. The van der Waals surface area contributed by atoms with Crippen molar-refractivity contribution in [1.82, 2.24) is 0 Å². The van der Waals surface area contributed by atoms with Crippen LogP contribution < -0.4 is 0 Å². The lowest BCUT2D eigenvalue weighted by molar-refractivity contribution is 0.336. The second-order valence-electron chi connectivity index (χ2n) is 4.72. The molecule has 0 bridgehead atoms. The van der Waals surface area contributed by atoms with Crippen molar-refractivity contribution < 1.29 is 0 Å². The number of rotatable bonds is 1. The Kier molecular flexibility index (Phi) is 3.00. The minimum absolute atomic E-state index is 0.616. The summed E-state index contributed by atoms with van der Waals surface area (Å²) >= 11 is 1.95. The molecule has 1 aromatic rings. The Hall–Kier alpha value is -0.760. The molecule has 0 unspecified atom stereocenters. The number of hydrogen-bond donors (Lipinski definition) is 0. The Morgan fingerprint density at radius 1 is 1.06 bits per heavy atom. The van der Waals surface area contributed by atoms with Gasteiger partial charge in [-0.2, -0.15) is 0 Å². The van der Waals surface area contributed by atoms with Crippen LogP contribution in [0.15, 0.2) is 35.3 Å². The van der Waals surface area contributed by atoms with Crippen LogP contribution >= 0.6 is 11.8 Å². The molecule has 1 saturated carbocycles. The van der Waals surface area contributed by atoms with Gasteiger partial charge in [-0.25, -0.2) is 0 Å². The molecule has 0 saturated heterocycles. The number of fused-ring (bicyclic) bond motifs is 1. The topological polar surface area (TPSA) is 12.4 Å². The summed E-state index contributed by atoms with van der Waals surface area (Å²) in [7, 11) is 0. The van der Waals surface area contributed by atoms with Crippen molar-refractivity contribution >= 4 is 16.8 Å². The zero-order valence-corrected chi connectivity index (χ0v) is 10.2. The Balaban J connectivity index is 1.84. The van der Waals surface area contributed by atoms with Crippen molar-refractivity contribution in [2.24, 2.45) is 10.9 Å². The Bertz CT molecular complexity index is 385. The second kappa shape index (κ2) is 4.62. The van der Waals surface area contributed by atoms with E-state index in [9.17, 15) is 0 Å². The van der Waals surface area contributed by atoms with Crippen LogP contribution in [0.4, 0.5) is 0 Å². The first-order valence-corrected chi connectivity index (χ1v) is 7.18. The molecule has 84 valence electrons. The van der Waals surface area contributed by atoms with Gasteiger partial charge in [-0.3, -0.25) is 4.99 Å². The average molecular weight is 231 g/mol. The fraction of sp³-hybridized carbons (Fsp3) is 0.500. The molecule has 0 N–H and O–H groups in total. The van der Waals surface area contributed by atoms with Crippen LogP contribution in [0.3, 0.4) is 0 Å². The molecule has 0 radical (unpaired) electrons. The largest absolute Gasteiger partial charge is 0.274 e. The predicted octanol–water partition coefficient (Wildman–Crippen LogP) is 3.74. The van der Waals surface area contributed by atoms with Gasteiger partial charge < -0.3 is 0 Å². The summed E-state index contributed by atoms with van der Waals surface area (Å²) in [6, 6.07) is 11.2. The highest BCUT2D eigenvalue weighted by Crippen LogP contribution is 2.35. The second-order valence-corrected chi connectivity index (χ2v) is 5.73. The van der Waals surface area contributed by atoms with Gasteiger partial charge in [0.05, 0.1) is 11.1 Å². The molecule has 1 aliphatic carbocycles. The van der Waals surface area contributed by atoms with E-state index in [0.29, 0.717) is 6.04 Å². The first-order chi connectivity index (χ1) is 7.93. The van der Waals surface area contributed by atoms with Gasteiger partial charge in [0.2, 0.25) is 0 Å². The Labute approximate surface area is 101 Å². The molecule has 1 aromatic carbocycles. The summed E-state index contributed by atoms with van der Waals surface area (Å²) in [5.41, 5.74) is 1.30. The van der Waals surface area contributed by atoms with Gasteiger partial charge in [-0.15, -0.1) is 11.8 Å². The van der Waals surface area contributed by atoms with Crippen LogP contribution in [-0.2, 0) is 0 Å². The zero-order valence-electron chi connectivity index (χ0n) is 9.43. The van der Waals surface area contributed by atoms with Crippen LogP contribution in [-0.4, -0.2) is 16.8 Å². The molecule has 16 heavy (non-hydrogen) atoms. The van der Waals surface area contributed by atoms with E-state index in [4.69, 9.17) is 4.99 Å². The number of benzene rings is 1. The van der Waals surface area contributed by atoms with Gasteiger partial charge in [0.15, 0.2) is 0 Å². The lowest BCUT2D eigenvalue weighted by Gasteiger charge is -2.32. The maximum atomic E-state index is 4.95. The van der Waals surface area contributed by atoms with Gasteiger partial charge in [0.25, 0.3) is 0 Å². The van der Waals surface area contributed by atoms with E-state index in [2.05, 4.69) is 30.3 Å². The molecule has 0 aromatic heterocycles. The van der Waals surface area contributed by atoms with Gasteiger partial charge in [-0.05, 0) is 18.8 Å². The van der Waals surface area contributed by atoms with E-state index in [1.54, 1.807) is 0 Å².